The van der Waals surface area contributed by atoms with Crippen molar-refractivity contribution < 1.29 is 33.4 Å². The van der Waals surface area contributed by atoms with E-state index in [1.54, 1.807) is 45.0 Å². The van der Waals surface area contributed by atoms with Gasteiger partial charge in [-0.3, -0.25) is 14.5 Å². The van der Waals surface area contributed by atoms with Crippen molar-refractivity contribution in [3.05, 3.63) is 93.8 Å². The number of carbonyl (C=O) groups is 3. The smallest absolute Gasteiger partial charge is 0.350 e. The number of esters is 1. The van der Waals surface area contributed by atoms with Crippen LogP contribution in [0.2, 0.25) is 0 Å². The molecule has 1 aliphatic rings. The number of aromatic nitrogens is 1. The van der Waals surface area contributed by atoms with E-state index in [4.69, 9.17) is 9.47 Å². The van der Waals surface area contributed by atoms with Gasteiger partial charge in [0.05, 0.1) is 23.9 Å². The number of aliphatic hydroxyl groups excluding tert-OH is 1. The lowest BCUT2D eigenvalue weighted by molar-refractivity contribution is -0.132. The predicted octanol–water partition coefficient (Wildman–Crippen LogP) is 5.27. The third-order valence-electron chi connectivity index (χ3n) is 5.90. The molecule has 0 saturated carbocycles. The molecule has 1 fully saturated rings. The summed E-state index contributed by atoms with van der Waals surface area (Å²) in [4.78, 5) is 44.8. The van der Waals surface area contributed by atoms with Gasteiger partial charge in [0.2, 0.25) is 0 Å². The number of ether oxygens (including phenoxy) is 2. The second kappa shape index (κ2) is 11.0. The summed E-state index contributed by atoms with van der Waals surface area (Å²) in [6.45, 7) is 9.05. The number of aliphatic hydroxyl groups is 1. The van der Waals surface area contributed by atoms with E-state index < -0.39 is 35.3 Å². The topological polar surface area (TPSA) is 106 Å². The third-order valence-corrected chi connectivity index (χ3v) is 7.04. The van der Waals surface area contributed by atoms with E-state index in [-0.39, 0.29) is 22.2 Å². The second-order valence-electron chi connectivity index (χ2n) is 8.43. The summed E-state index contributed by atoms with van der Waals surface area (Å²) in [6.07, 6.45) is 1.60. The molecule has 196 valence electrons. The molecule has 8 nitrogen and oxygen atoms in total. The fourth-order valence-corrected chi connectivity index (χ4v) is 5.14. The van der Waals surface area contributed by atoms with Gasteiger partial charge < -0.3 is 14.6 Å². The Morgan fingerprint density at radius 3 is 2.55 bits per heavy atom. The van der Waals surface area contributed by atoms with Gasteiger partial charge in [-0.1, -0.05) is 36.1 Å². The fraction of sp³-hybridized carbons (Fsp3) is 0.214. The van der Waals surface area contributed by atoms with Crippen molar-refractivity contribution in [2.24, 2.45) is 0 Å². The molecule has 0 radical (unpaired) electrons. The van der Waals surface area contributed by atoms with Gasteiger partial charge in [0, 0.05) is 5.56 Å². The van der Waals surface area contributed by atoms with Crippen LogP contribution in [0.5, 0.6) is 5.75 Å². The van der Waals surface area contributed by atoms with Crippen LogP contribution in [0.1, 0.15) is 45.0 Å². The van der Waals surface area contributed by atoms with E-state index in [1.807, 2.05) is 0 Å². The molecular formula is C28H25FN2O6S. The highest BCUT2D eigenvalue weighted by molar-refractivity contribution is 7.17. The molecule has 3 aromatic rings. The molecule has 1 aliphatic heterocycles. The van der Waals surface area contributed by atoms with Crippen LogP contribution in [0, 0.1) is 19.7 Å². The Hall–Kier alpha value is -4.31. The van der Waals surface area contributed by atoms with Crippen LogP contribution in [-0.2, 0) is 14.3 Å². The van der Waals surface area contributed by atoms with Crippen LogP contribution in [0.3, 0.4) is 0 Å². The zero-order valence-corrected chi connectivity index (χ0v) is 21.8. The van der Waals surface area contributed by atoms with Crippen molar-refractivity contribution in [1.82, 2.24) is 4.98 Å². The van der Waals surface area contributed by atoms with Crippen molar-refractivity contribution >= 4 is 39.9 Å². The summed E-state index contributed by atoms with van der Waals surface area (Å²) in [5.41, 5.74) is 1.44. The first-order chi connectivity index (χ1) is 18.2. The van der Waals surface area contributed by atoms with Crippen LogP contribution in [0.25, 0.3) is 5.76 Å². The van der Waals surface area contributed by atoms with E-state index in [1.165, 1.54) is 24.3 Å². The number of benzene rings is 2. The minimum atomic E-state index is -1.12. The number of carbonyl (C=O) groups excluding carboxylic acids is 3. The van der Waals surface area contributed by atoms with Crippen LogP contribution >= 0.6 is 11.3 Å². The Bertz CT molecular complexity index is 1460. The molecule has 0 aliphatic carbocycles. The molecule has 0 unspecified atom stereocenters. The minimum absolute atomic E-state index is 0.0749. The molecule has 4 rings (SSSR count). The number of thiazole rings is 1. The standard InChI is InChI=1S/C28H25FN2O6S/c1-5-13-37-19-11-12-20(15(3)14-19)23(32)21-22(17-7-9-18(29)10-8-17)31(26(34)24(21)33)28-30-16(4)25(38-28)27(35)36-6-2/h5,7-12,14,22,32H,1,6,13H2,2-4H3/t22-/m0/s1. The number of ketones is 1. The number of halogens is 1. The second-order valence-corrected chi connectivity index (χ2v) is 9.41. The zero-order valence-electron chi connectivity index (χ0n) is 21.0. The molecule has 0 spiro atoms. The van der Waals surface area contributed by atoms with Crippen molar-refractivity contribution in [2.45, 2.75) is 26.8 Å². The normalized spacial score (nSPS) is 16.5. The Morgan fingerprint density at radius 1 is 1.21 bits per heavy atom. The SMILES string of the molecule is C=CCOc1ccc(C(O)=C2C(=O)C(=O)N(c3nc(C)c(C(=O)OCC)s3)[C@H]2c2ccc(F)cc2)c(C)c1. The van der Waals surface area contributed by atoms with Crippen molar-refractivity contribution in [3.8, 4) is 5.75 Å². The molecule has 1 amide bonds. The van der Waals surface area contributed by atoms with Gasteiger partial charge in [0.25, 0.3) is 5.78 Å². The molecule has 2 heterocycles. The van der Waals surface area contributed by atoms with Crippen molar-refractivity contribution in [2.75, 3.05) is 18.1 Å². The van der Waals surface area contributed by atoms with Gasteiger partial charge in [0.1, 0.15) is 28.8 Å². The molecule has 1 aromatic heterocycles. The maximum Gasteiger partial charge on any atom is 0.350 e. The molecule has 2 aromatic carbocycles. The van der Waals surface area contributed by atoms with Gasteiger partial charge in [0.15, 0.2) is 5.13 Å². The third kappa shape index (κ3) is 4.95. The van der Waals surface area contributed by atoms with E-state index in [9.17, 15) is 23.9 Å². The summed E-state index contributed by atoms with van der Waals surface area (Å²) < 4.78 is 24.4. The number of anilines is 1. The summed E-state index contributed by atoms with van der Waals surface area (Å²) in [5.74, 6) is -2.84. The van der Waals surface area contributed by atoms with E-state index in [0.29, 0.717) is 34.7 Å². The van der Waals surface area contributed by atoms with Crippen LogP contribution in [0.4, 0.5) is 9.52 Å². The zero-order chi connectivity index (χ0) is 27.6. The summed E-state index contributed by atoms with van der Waals surface area (Å²) >= 11 is 0.899. The highest BCUT2D eigenvalue weighted by Gasteiger charge is 2.48. The first kappa shape index (κ1) is 26.7. The molecular weight excluding hydrogens is 511 g/mol. The van der Waals surface area contributed by atoms with E-state index in [0.717, 1.165) is 16.2 Å². The quantitative estimate of drug-likeness (QED) is 0.138. The van der Waals surface area contributed by atoms with E-state index >= 15 is 0 Å². The Morgan fingerprint density at radius 2 is 1.92 bits per heavy atom. The highest BCUT2D eigenvalue weighted by Crippen LogP contribution is 2.44. The number of hydrogen-bond donors (Lipinski definition) is 1. The fourth-order valence-electron chi connectivity index (χ4n) is 4.15. The summed E-state index contributed by atoms with van der Waals surface area (Å²) in [5, 5.41) is 11.5. The van der Waals surface area contributed by atoms with Crippen molar-refractivity contribution in [3.63, 3.8) is 0 Å². The van der Waals surface area contributed by atoms with Crippen LogP contribution in [-0.4, -0.2) is 41.0 Å². The van der Waals surface area contributed by atoms with Gasteiger partial charge in [-0.25, -0.2) is 14.2 Å². The number of hydrogen-bond acceptors (Lipinski definition) is 8. The number of aryl methyl sites for hydroxylation is 2. The van der Waals surface area contributed by atoms with Crippen molar-refractivity contribution in [1.29, 1.82) is 0 Å². The monoisotopic (exact) mass is 536 g/mol. The summed E-state index contributed by atoms with van der Waals surface area (Å²) in [6, 6.07) is 9.04. The first-order valence-corrected chi connectivity index (χ1v) is 12.5. The highest BCUT2D eigenvalue weighted by atomic mass is 32.1. The molecule has 1 N–H and O–H groups in total. The van der Waals surface area contributed by atoms with Gasteiger partial charge in [-0.15, -0.1) is 0 Å². The number of amides is 1. The van der Waals surface area contributed by atoms with Gasteiger partial charge >= 0.3 is 11.9 Å². The lowest BCUT2D eigenvalue weighted by Gasteiger charge is -2.23. The van der Waals surface area contributed by atoms with Gasteiger partial charge in [-0.05, 0) is 62.2 Å². The summed E-state index contributed by atoms with van der Waals surface area (Å²) in [7, 11) is 0. The molecule has 1 atom stereocenters. The maximum atomic E-state index is 13.8. The van der Waals surface area contributed by atoms with E-state index in [2.05, 4.69) is 11.6 Å². The molecule has 0 bridgehead atoms. The largest absolute Gasteiger partial charge is 0.507 e. The molecule has 1 saturated heterocycles. The first-order valence-electron chi connectivity index (χ1n) is 11.7. The Kier molecular flexibility index (Phi) is 7.72. The minimum Gasteiger partial charge on any atom is -0.507 e. The lowest BCUT2D eigenvalue weighted by atomic mass is 9.94. The number of nitrogens with zero attached hydrogens (tertiary/aromatic N) is 2. The average Bonchev–Trinajstić information content (AvgIpc) is 3.39. The predicted molar refractivity (Wildman–Crippen MR) is 141 cm³/mol. The molecule has 38 heavy (non-hydrogen) atoms. The number of rotatable bonds is 8. The lowest BCUT2D eigenvalue weighted by Crippen LogP contribution is -2.29. The Labute approximate surface area is 222 Å². The maximum absolute atomic E-state index is 13.8. The number of Topliss-reactive ketones (excluding diaryl/α,β-unsaturated/α-hetero) is 1. The molecule has 10 heteroatoms. The van der Waals surface area contributed by atoms with Crippen LogP contribution in [0.15, 0.2) is 60.7 Å². The van der Waals surface area contributed by atoms with Gasteiger partial charge in [-0.2, -0.15) is 0 Å². The Balaban J connectivity index is 1.88. The average molecular weight is 537 g/mol. The van der Waals surface area contributed by atoms with Crippen LogP contribution < -0.4 is 9.64 Å².